The Morgan fingerprint density at radius 1 is 1.28 bits per heavy atom. The van der Waals surface area contributed by atoms with E-state index in [-0.39, 0.29) is 12.5 Å². The summed E-state index contributed by atoms with van der Waals surface area (Å²) in [7, 11) is 0. The Labute approximate surface area is 104 Å². The van der Waals surface area contributed by atoms with Crippen LogP contribution in [0, 0.1) is 0 Å². The fourth-order valence-electron chi connectivity index (χ4n) is 1.83. The number of nitrogens with zero attached hydrogens (tertiary/aromatic N) is 1. The van der Waals surface area contributed by atoms with Gasteiger partial charge in [0.1, 0.15) is 5.75 Å². The van der Waals surface area contributed by atoms with Crippen molar-refractivity contribution in [1.82, 2.24) is 15.5 Å². The highest BCUT2D eigenvalue weighted by Gasteiger charge is 2.16. The number of nitrogens with one attached hydrogen (secondary N) is 2. The van der Waals surface area contributed by atoms with Crippen molar-refractivity contribution in [3.63, 3.8) is 0 Å². The van der Waals surface area contributed by atoms with Gasteiger partial charge in [-0.3, -0.25) is 5.10 Å². The van der Waals surface area contributed by atoms with Crippen molar-refractivity contribution in [2.45, 2.75) is 13.1 Å². The molecule has 0 fully saturated rings. The SMILES string of the molecule is Oc1cc2c(cc1CNCc1cn[nH]c1)OCO2. The Bertz CT molecular complexity index is 540. The van der Waals surface area contributed by atoms with Crippen LogP contribution >= 0.6 is 0 Å². The van der Waals surface area contributed by atoms with E-state index < -0.39 is 0 Å². The second-order valence-corrected chi connectivity index (χ2v) is 4.04. The number of fused-ring (bicyclic) bond motifs is 1. The normalized spacial score (nSPS) is 12.9. The fraction of sp³-hybridized carbons (Fsp3) is 0.250. The van der Waals surface area contributed by atoms with E-state index >= 15 is 0 Å². The predicted molar refractivity (Wildman–Crippen MR) is 63.4 cm³/mol. The zero-order valence-corrected chi connectivity index (χ0v) is 9.64. The summed E-state index contributed by atoms with van der Waals surface area (Å²) in [6, 6.07) is 3.37. The third-order valence-electron chi connectivity index (χ3n) is 2.77. The molecule has 1 aromatic heterocycles. The molecule has 0 saturated heterocycles. The number of aromatic amines is 1. The van der Waals surface area contributed by atoms with Gasteiger partial charge in [0, 0.05) is 36.5 Å². The molecule has 1 aromatic carbocycles. The smallest absolute Gasteiger partial charge is 0.231 e. The van der Waals surface area contributed by atoms with E-state index in [1.807, 2.05) is 6.20 Å². The molecular weight excluding hydrogens is 234 g/mol. The fourth-order valence-corrected chi connectivity index (χ4v) is 1.83. The molecule has 18 heavy (non-hydrogen) atoms. The van der Waals surface area contributed by atoms with Gasteiger partial charge in [-0.05, 0) is 6.07 Å². The number of benzene rings is 1. The van der Waals surface area contributed by atoms with Crippen LogP contribution < -0.4 is 14.8 Å². The van der Waals surface area contributed by atoms with Crippen molar-refractivity contribution < 1.29 is 14.6 Å². The van der Waals surface area contributed by atoms with Crippen LogP contribution in [0.3, 0.4) is 0 Å². The Balaban J connectivity index is 1.66. The van der Waals surface area contributed by atoms with Gasteiger partial charge in [-0.25, -0.2) is 0 Å². The molecule has 2 heterocycles. The average molecular weight is 247 g/mol. The third kappa shape index (κ3) is 2.10. The minimum atomic E-state index is 0.207. The summed E-state index contributed by atoms with van der Waals surface area (Å²) in [5.41, 5.74) is 1.85. The lowest BCUT2D eigenvalue weighted by Gasteiger charge is -2.07. The van der Waals surface area contributed by atoms with Crippen molar-refractivity contribution in [2.24, 2.45) is 0 Å². The number of ether oxygens (including phenoxy) is 2. The first kappa shape index (κ1) is 10.9. The summed E-state index contributed by atoms with van der Waals surface area (Å²) in [6.45, 7) is 1.44. The summed E-state index contributed by atoms with van der Waals surface area (Å²) >= 11 is 0. The molecule has 0 bridgehead atoms. The zero-order chi connectivity index (χ0) is 12.4. The van der Waals surface area contributed by atoms with E-state index in [4.69, 9.17) is 9.47 Å². The van der Waals surface area contributed by atoms with Crippen LogP contribution in [0.5, 0.6) is 17.2 Å². The first-order valence-electron chi connectivity index (χ1n) is 5.63. The Morgan fingerprint density at radius 2 is 2.11 bits per heavy atom. The Morgan fingerprint density at radius 3 is 2.89 bits per heavy atom. The summed E-state index contributed by atoms with van der Waals surface area (Å²) in [6.07, 6.45) is 3.58. The lowest BCUT2D eigenvalue weighted by molar-refractivity contribution is 0.174. The molecule has 0 spiro atoms. The molecule has 94 valence electrons. The topological polar surface area (TPSA) is 79.4 Å². The Kier molecular flexibility index (Phi) is 2.77. The Hall–Kier alpha value is -2.21. The van der Waals surface area contributed by atoms with Crippen molar-refractivity contribution in [1.29, 1.82) is 0 Å². The van der Waals surface area contributed by atoms with Crippen LogP contribution in [0.2, 0.25) is 0 Å². The van der Waals surface area contributed by atoms with E-state index in [2.05, 4.69) is 15.5 Å². The molecular formula is C12H13N3O3. The second-order valence-electron chi connectivity index (χ2n) is 4.04. The van der Waals surface area contributed by atoms with Crippen LogP contribution in [0.15, 0.2) is 24.5 Å². The van der Waals surface area contributed by atoms with Gasteiger partial charge < -0.3 is 19.9 Å². The van der Waals surface area contributed by atoms with E-state index in [0.717, 1.165) is 11.1 Å². The maximum Gasteiger partial charge on any atom is 0.231 e. The predicted octanol–water partition coefficient (Wildman–Crippen LogP) is 1.13. The van der Waals surface area contributed by atoms with Crippen LogP contribution in [0.1, 0.15) is 11.1 Å². The number of hydrogen-bond acceptors (Lipinski definition) is 5. The summed E-state index contributed by atoms with van der Waals surface area (Å²) < 4.78 is 10.5. The number of aromatic hydroxyl groups is 1. The molecule has 0 aliphatic carbocycles. The minimum Gasteiger partial charge on any atom is -0.507 e. The van der Waals surface area contributed by atoms with Gasteiger partial charge >= 0.3 is 0 Å². The van der Waals surface area contributed by atoms with Crippen molar-refractivity contribution in [3.8, 4) is 17.2 Å². The zero-order valence-electron chi connectivity index (χ0n) is 9.64. The first-order valence-corrected chi connectivity index (χ1v) is 5.63. The number of phenolic OH excluding ortho intramolecular Hbond substituents is 1. The summed E-state index contributed by atoms with van der Waals surface area (Å²) in [5, 5.41) is 19.7. The highest BCUT2D eigenvalue weighted by molar-refractivity contribution is 5.51. The van der Waals surface area contributed by atoms with Crippen molar-refractivity contribution in [3.05, 3.63) is 35.7 Å². The number of H-pyrrole nitrogens is 1. The standard InChI is InChI=1S/C12H13N3O3/c16-10-2-12-11(17-7-18-12)1-9(10)6-13-3-8-4-14-15-5-8/h1-2,4-5,13,16H,3,6-7H2,(H,14,15). The largest absolute Gasteiger partial charge is 0.507 e. The molecule has 1 aliphatic heterocycles. The number of aromatic nitrogens is 2. The maximum absolute atomic E-state index is 9.84. The van der Waals surface area contributed by atoms with Crippen LogP contribution in [0.25, 0.3) is 0 Å². The highest BCUT2D eigenvalue weighted by atomic mass is 16.7. The molecule has 2 aromatic rings. The number of phenols is 1. The van der Waals surface area contributed by atoms with Gasteiger partial charge in [0.25, 0.3) is 0 Å². The molecule has 0 atom stereocenters. The number of rotatable bonds is 4. The van der Waals surface area contributed by atoms with Gasteiger partial charge in [0.15, 0.2) is 11.5 Å². The quantitative estimate of drug-likeness (QED) is 0.754. The van der Waals surface area contributed by atoms with Gasteiger partial charge in [-0.1, -0.05) is 0 Å². The van der Waals surface area contributed by atoms with Crippen LogP contribution in [-0.4, -0.2) is 22.1 Å². The summed E-state index contributed by atoms with van der Waals surface area (Å²) in [4.78, 5) is 0. The van der Waals surface area contributed by atoms with Crippen molar-refractivity contribution >= 4 is 0 Å². The molecule has 0 unspecified atom stereocenters. The first-order chi connectivity index (χ1) is 8.83. The second kappa shape index (κ2) is 4.58. The highest BCUT2D eigenvalue weighted by Crippen LogP contribution is 2.37. The monoisotopic (exact) mass is 247 g/mol. The molecule has 3 rings (SSSR count). The van der Waals surface area contributed by atoms with Gasteiger partial charge in [0.05, 0.1) is 6.20 Å². The molecule has 0 saturated carbocycles. The number of hydrogen-bond donors (Lipinski definition) is 3. The molecule has 1 aliphatic rings. The third-order valence-corrected chi connectivity index (χ3v) is 2.77. The molecule has 0 amide bonds. The van der Waals surface area contributed by atoms with Crippen LogP contribution in [0.4, 0.5) is 0 Å². The molecule has 6 nitrogen and oxygen atoms in total. The van der Waals surface area contributed by atoms with Crippen molar-refractivity contribution in [2.75, 3.05) is 6.79 Å². The average Bonchev–Trinajstić information content (AvgIpc) is 3.00. The molecule has 6 heteroatoms. The molecule has 0 radical (unpaired) electrons. The summed E-state index contributed by atoms with van der Waals surface area (Å²) in [5.74, 6) is 1.47. The van der Waals surface area contributed by atoms with Crippen LogP contribution in [-0.2, 0) is 13.1 Å². The van der Waals surface area contributed by atoms with E-state index in [9.17, 15) is 5.11 Å². The van der Waals surface area contributed by atoms with Gasteiger partial charge in [0.2, 0.25) is 6.79 Å². The molecule has 3 N–H and O–H groups in total. The van der Waals surface area contributed by atoms with Gasteiger partial charge in [-0.2, -0.15) is 5.10 Å². The van der Waals surface area contributed by atoms with E-state index in [1.165, 1.54) is 0 Å². The maximum atomic E-state index is 9.84. The van der Waals surface area contributed by atoms with E-state index in [0.29, 0.717) is 24.6 Å². The van der Waals surface area contributed by atoms with E-state index in [1.54, 1.807) is 18.3 Å². The minimum absolute atomic E-state index is 0.207. The van der Waals surface area contributed by atoms with Gasteiger partial charge in [-0.15, -0.1) is 0 Å². The lowest BCUT2D eigenvalue weighted by Crippen LogP contribution is -2.12. The lowest BCUT2D eigenvalue weighted by atomic mass is 10.1.